The first kappa shape index (κ1) is 14.8. The number of H-pyrrole nitrogens is 1. The van der Waals surface area contributed by atoms with Crippen molar-refractivity contribution in [2.75, 3.05) is 6.61 Å². The van der Waals surface area contributed by atoms with Crippen molar-refractivity contribution in [2.24, 2.45) is 0 Å². The molecule has 110 valence electrons. The Bertz CT molecular complexity index is 590. The second-order valence-electron chi connectivity index (χ2n) is 4.46. The number of aromatic amines is 1. The van der Waals surface area contributed by atoms with E-state index in [2.05, 4.69) is 9.97 Å². The van der Waals surface area contributed by atoms with E-state index in [0.717, 1.165) is 0 Å². The van der Waals surface area contributed by atoms with Gasteiger partial charge < -0.3 is 30.5 Å². The van der Waals surface area contributed by atoms with E-state index < -0.39 is 36.8 Å². The van der Waals surface area contributed by atoms with Crippen LogP contribution in [0.4, 0.5) is 4.39 Å². The van der Waals surface area contributed by atoms with Gasteiger partial charge in [-0.1, -0.05) is 0 Å². The van der Waals surface area contributed by atoms with Crippen LogP contribution in [0, 0.1) is 5.82 Å². The lowest BCUT2D eigenvalue weighted by molar-refractivity contribution is -0.117. The molecule has 0 aliphatic rings. The highest BCUT2D eigenvalue weighted by atomic mass is 19.1. The molecule has 0 radical (unpaired) electrons. The summed E-state index contributed by atoms with van der Waals surface area (Å²) in [5, 5.41) is 47.0. The van der Waals surface area contributed by atoms with E-state index >= 15 is 0 Å². The van der Waals surface area contributed by atoms with Gasteiger partial charge in [-0.3, -0.25) is 0 Å². The maximum absolute atomic E-state index is 13.0. The predicted molar refractivity (Wildman–Crippen MR) is 66.1 cm³/mol. The highest BCUT2D eigenvalue weighted by Crippen LogP contribution is 2.21. The van der Waals surface area contributed by atoms with E-state index in [9.17, 15) is 24.8 Å². The van der Waals surface area contributed by atoms with Crippen molar-refractivity contribution in [3.05, 3.63) is 29.8 Å². The van der Waals surface area contributed by atoms with E-state index in [1.807, 2.05) is 0 Å². The third-order valence-corrected chi connectivity index (χ3v) is 3.00. The van der Waals surface area contributed by atoms with Crippen LogP contribution >= 0.6 is 0 Å². The molecule has 0 aliphatic heterocycles. The topological polar surface area (TPSA) is 130 Å². The summed E-state index contributed by atoms with van der Waals surface area (Å²) in [6, 6.07) is 3.76. The zero-order valence-corrected chi connectivity index (χ0v) is 10.3. The maximum Gasteiger partial charge on any atom is 0.140 e. The predicted octanol–water partition coefficient (Wildman–Crippen LogP) is -1.19. The van der Waals surface area contributed by atoms with Gasteiger partial charge in [-0.15, -0.1) is 0 Å². The zero-order valence-electron chi connectivity index (χ0n) is 10.3. The summed E-state index contributed by atoms with van der Waals surface area (Å²) in [6.07, 6.45) is -6.73. The number of hydrogen-bond donors (Lipinski definition) is 6. The molecule has 0 saturated carbocycles. The van der Waals surface area contributed by atoms with Crippen LogP contribution in [-0.2, 0) is 0 Å². The second-order valence-corrected chi connectivity index (χ2v) is 4.46. The lowest BCUT2D eigenvalue weighted by Crippen LogP contribution is -2.42. The first-order valence-corrected chi connectivity index (χ1v) is 5.92. The van der Waals surface area contributed by atoms with Crippen LogP contribution in [0.5, 0.6) is 0 Å². The number of fused-ring (bicyclic) bond motifs is 1. The van der Waals surface area contributed by atoms with Crippen molar-refractivity contribution in [1.82, 2.24) is 9.97 Å². The van der Waals surface area contributed by atoms with Gasteiger partial charge in [-0.25, -0.2) is 9.37 Å². The molecule has 1 aromatic carbocycles. The van der Waals surface area contributed by atoms with Gasteiger partial charge in [0.05, 0.1) is 17.6 Å². The molecular weight excluding hydrogens is 271 g/mol. The van der Waals surface area contributed by atoms with Gasteiger partial charge in [0.15, 0.2) is 0 Å². The Labute approximate surface area is 113 Å². The molecule has 1 aromatic heterocycles. The van der Waals surface area contributed by atoms with Crippen LogP contribution < -0.4 is 0 Å². The number of aliphatic hydroxyl groups excluding tert-OH is 5. The Morgan fingerprint density at radius 2 is 1.85 bits per heavy atom. The zero-order chi connectivity index (χ0) is 14.9. The number of benzene rings is 1. The number of aliphatic hydroxyl groups is 5. The van der Waals surface area contributed by atoms with Crippen molar-refractivity contribution in [3.63, 3.8) is 0 Å². The van der Waals surface area contributed by atoms with E-state index in [0.29, 0.717) is 11.0 Å². The molecule has 4 atom stereocenters. The van der Waals surface area contributed by atoms with E-state index in [4.69, 9.17) is 5.11 Å². The molecule has 6 N–H and O–H groups in total. The average Bonchev–Trinajstić information content (AvgIpc) is 2.86. The van der Waals surface area contributed by atoms with Crippen molar-refractivity contribution < 1.29 is 29.9 Å². The number of imidazole rings is 1. The van der Waals surface area contributed by atoms with Crippen molar-refractivity contribution in [2.45, 2.75) is 24.4 Å². The molecule has 0 fully saturated rings. The Kier molecular flexibility index (Phi) is 4.31. The summed E-state index contributed by atoms with van der Waals surface area (Å²) in [6.45, 7) is -0.768. The summed E-state index contributed by atoms with van der Waals surface area (Å²) in [5.74, 6) is -0.569. The molecule has 7 nitrogen and oxygen atoms in total. The number of nitrogens with zero attached hydrogens (tertiary/aromatic N) is 1. The van der Waals surface area contributed by atoms with E-state index in [1.54, 1.807) is 0 Å². The molecule has 0 amide bonds. The van der Waals surface area contributed by atoms with Crippen LogP contribution in [-0.4, -0.2) is 60.4 Å². The fourth-order valence-electron chi connectivity index (χ4n) is 1.83. The van der Waals surface area contributed by atoms with Crippen LogP contribution in [0.3, 0.4) is 0 Å². The quantitative estimate of drug-likeness (QED) is 0.410. The van der Waals surface area contributed by atoms with Gasteiger partial charge in [0.1, 0.15) is 36.1 Å². The standard InChI is InChI=1S/C12H15FN2O5/c13-5-1-2-6-7(3-5)15-12(14-6)11(20)10(19)9(18)8(17)4-16/h1-3,8-11,16-20H,4H2,(H,14,15)/t8?,9-,10?,11?/m0/s1. The minimum atomic E-state index is -1.76. The molecular formula is C12H15FN2O5. The van der Waals surface area contributed by atoms with Crippen molar-refractivity contribution >= 4 is 11.0 Å². The molecule has 0 aliphatic carbocycles. The normalized spacial score (nSPS) is 17.9. The van der Waals surface area contributed by atoms with Crippen molar-refractivity contribution in [1.29, 1.82) is 0 Å². The van der Waals surface area contributed by atoms with Crippen LogP contribution in [0.1, 0.15) is 11.9 Å². The van der Waals surface area contributed by atoms with Crippen LogP contribution in [0.15, 0.2) is 18.2 Å². The maximum atomic E-state index is 13.0. The monoisotopic (exact) mass is 286 g/mol. The fraction of sp³-hybridized carbons (Fsp3) is 0.417. The SMILES string of the molecule is OCC(O)[C@H](O)C(O)C(O)c1nc2ccc(F)cc2[nH]1. The van der Waals surface area contributed by atoms with E-state index in [1.165, 1.54) is 18.2 Å². The second kappa shape index (κ2) is 5.81. The summed E-state index contributed by atoms with van der Waals surface area (Å²) in [4.78, 5) is 6.57. The van der Waals surface area contributed by atoms with Gasteiger partial charge in [0.25, 0.3) is 0 Å². The number of nitrogens with one attached hydrogen (secondary N) is 1. The molecule has 8 heteroatoms. The molecule has 0 spiro atoms. The minimum Gasteiger partial charge on any atom is -0.394 e. The number of aromatic nitrogens is 2. The van der Waals surface area contributed by atoms with Gasteiger partial charge in [-0.2, -0.15) is 0 Å². The van der Waals surface area contributed by atoms with Crippen molar-refractivity contribution in [3.8, 4) is 0 Å². The molecule has 0 saturated heterocycles. The third-order valence-electron chi connectivity index (χ3n) is 3.00. The Balaban J connectivity index is 2.24. The summed E-state index contributed by atoms with van der Waals surface area (Å²) in [7, 11) is 0. The largest absolute Gasteiger partial charge is 0.394 e. The highest BCUT2D eigenvalue weighted by molar-refractivity contribution is 5.75. The van der Waals surface area contributed by atoms with Crippen LogP contribution in [0.2, 0.25) is 0 Å². The third kappa shape index (κ3) is 2.79. The van der Waals surface area contributed by atoms with Crippen LogP contribution in [0.25, 0.3) is 11.0 Å². The Morgan fingerprint density at radius 1 is 1.15 bits per heavy atom. The lowest BCUT2D eigenvalue weighted by atomic mass is 10.0. The average molecular weight is 286 g/mol. The highest BCUT2D eigenvalue weighted by Gasteiger charge is 2.32. The van der Waals surface area contributed by atoms with Gasteiger partial charge in [0.2, 0.25) is 0 Å². The van der Waals surface area contributed by atoms with Gasteiger partial charge >= 0.3 is 0 Å². The van der Waals surface area contributed by atoms with E-state index in [-0.39, 0.29) is 5.82 Å². The summed E-state index contributed by atoms with van der Waals surface area (Å²) < 4.78 is 13.0. The van der Waals surface area contributed by atoms with Gasteiger partial charge in [0, 0.05) is 0 Å². The fourth-order valence-corrected chi connectivity index (χ4v) is 1.83. The Hall–Kier alpha value is -1.58. The molecule has 2 rings (SSSR count). The lowest BCUT2D eigenvalue weighted by Gasteiger charge is -2.24. The minimum absolute atomic E-state index is 0.0812. The number of hydrogen-bond acceptors (Lipinski definition) is 6. The molecule has 0 bridgehead atoms. The summed E-state index contributed by atoms with van der Waals surface area (Å²) in [5.41, 5.74) is 0.702. The van der Waals surface area contributed by atoms with Gasteiger partial charge in [-0.05, 0) is 18.2 Å². The smallest absolute Gasteiger partial charge is 0.140 e. The number of halogens is 1. The molecule has 1 heterocycles. The first-order valence-electron chi connectivity index (χ1n) is 5.92. The first-order chi connectivity index (χ1) is 9.43. The summed E-state index contributed by atoms with van der Waals surface area (Å²) >= 11 is 0. The number of rotatable bonds is 5. The Morgan fingerprint density at radius 3 is 2.50 bits per heavy atom. The molecule has 20 heavy (non-hydrogen) atoms. The molecule has 3 unspecified atom stereocenters. The molecule has 2 aromatic rings.